The largest absolute Gasteiger partial charge is 0.322 e. The number of benzene rings is 3. The van der Waals surface area contributed by atoms with Crippen LogP contribution in [0.25, 0.3) is 0 Å². The van der Waals surface area contributed by atoms with Gasteiger partial charge in [0, 0.05) is 28.4 Å². The van der Waals surface area contributed by atoms with Crippen molar-refractivity contribution in [1.29, 1.82) is 0 Å². The average molecular weight is 446 g/mol. The van der Waals surface area contributed by atoms with Crippen LogP contribution in [0.5, 0.6) is 0 Å². The molecule has 1 saturated carbocycles. The van der Waals surface area contributed by atoms with Gasteiger partial charge in [-0.2, -0.15) is 0 Å². The summed E-state index contributed by atoms with van der Waals surface area (Å²) in [6.45, 7) is 0. The van der Waals surface area contributed by atoms with Gasteiger partial charge in [0.2, 0.25) is 0 Å². The minimum atomic E-state index is -3.95. The highest BCUT2D eigenvalue weighted by Gasteiger charge is 2.48. The molecule has 3 aromatic carbocycles. The standard InChI is InChI=1S/C24H18N2O5S/c27-22(15-5-2-1-3-6-15)16-7-4-8-18(13-16)25-23(28)17-9-12-20-21(14-17)32(30,31)26(24(20)29)19-10-11-19/h1-9,12-14,19H,10-11H2,(H,25,28). The molecule has 3 aromatic rings. The Hall–Kier alpha value is -3.78. The molecule has 0 saturated heterocycles. The van der Waals surface area contributed by atoms with E-state index in [-0.39, 0.29) is 27.8 Å². The summed E-state index contributed by atoms with van der Waals surface area (Å²) >= 11 is 0. The molecule has 8 heteroatoms. The third kappa shape index (κ3) is 3.38. The van der Waals surface area contributed by atoms with Crippen molar-refractivity contribution in [3.8, 4) is 0 Å². The molecule has 160 valence electrons. The zero-order valence-electron chi connectivity index (χ0n) is 16.8. The zero-order chi connectivity index (χ0) is 22.5. The number of amides is 2. The summed E-state index contributed by atoms with van der Waals surface area (Å²) in [6, 6.07) is 19.1. The summed E-state index contributed by atoms with van der Waals surface area (Å²) in [7, 11) is -3.95. The fourth-order valence-electron chi connectivity index (χ4n) is 3.76. The average Bonchev–Trinajstić information content (AvgIpc) is 3.60. The first-order valence-electron chi connectivity index (χ1n) is 10.1. The molecule has 1 aliphatic carbocycles. The maximum absolute atomic E-state index is 12.8. The SMILES string of the molecule is O=C(Nc1cccc(C(=O)c2ccccc2)c1)c1ccc2c(c1)S(=O)(=O)N(C1CC1)C2=O. The normalized spacial score (nSPS) is 16.5. The Morgan fingerprint density at radius 2 is 1.56 bits per heavy atom. The number of nitrogens with zero attached hydrogens (tertiary/aromatic N) is 1. The summed E-state index contributed by atoms with van der Waals surface area (Å²) in [5, 5.41) is 2.70. The van der Waals surface area contributed by atoms with Crippen molar-refractivity contribution in [1.82, 2.24) is 4.31 Å². The molecule has 2 aliphatic rings. The molecule has 0 radical (unpaired) electrons. The second-order valence-corrected chi connectivity index (χ2v) is 9.56. The van der Waals surface area contributed by atoms with E-state index in [1.165, 1.54) is 18.2 Å². The fourth-order valence-corrected chi connectivity index (χ4v) is 5.60. The lowest BCUT2D eigenvalue weighted by molar-refractivity contribution is 0.0864. The lowest BCUT2D eigenvalue weighted by Gasteiger charge is -2.13. The summed E-state index contributed by atoms with van der Waals surface area (Å²) in [4.78, 5) is 37.8. The van der Waals surface area contributed by atoms with Gasteiger partial charge in [0.05, 0.1) is 5.56 Å². The lowest BCUT2D eigenvalue weighted by atomic mass is 10.0. The summed E-state index contributed by atoms with van der Waals surface area (Å²) in [5.41, 5.74) is 1.54. The van der Waals surface area contributed by atoms with Crippen molar-refractivity contribution < 1.29 is 22.8 Å². The smallest absolute Gasteiger partial charge is 0.269 e. The fraction of sp³-hybridized carbons (Fsp3) is 0.125. The van der Waals surface area contributed by atoms with Crippen LogP contribution in [0.2, 0.25) is 0 Å². The van der Waals surface area contributed by atoms with E-state index in [0.717, 1.165) is 4.31 Å². The number of hydrogen-bond donors (Lipinski definition) is 1. The molecular weight excluding hydrogens is 428 g/mol. The Morgan fingerprint density at radius 3 is 2.28 bits per heavy atom. The monoisotopic (exact) mass is 446 g/mol. The van der Waals surface area contributed by atoms with Gasteiger partial charge in [0.1, 0.15) is 4.90 Å². The third-order valence-corrected chi connectivity index (χ3v) is 7.38. The van der Waals surface area contributed by atoms with Crippen LogP contribution in [-0.4, -0.2) is 36.4 Å². The van der Waals surface area contributed by atoms with Gasteiger partial charge >= 0.3 is 0 Å². The maximum atomic E-state index is 12.8. The molecule has 5 rings (SSSR count). The first kappa shape index (κ1) is 20.1. The molecule has 0 unspecified atom stereocenters. The first-order chi connectivity index (χ1) is 15.4. The Labute approximate surface area is 184 Å². The summed E-state index contributed by atoms with van der Waals surface area (Å²) in [6.07, 6.45) is 1.31. The molecule has 1 aliphatic heterocycles. The van der Waals surface area contributed by atoms with Crippen LogP contribution in [0.4, 0.5) is 5.69 Å². The van der Waals surface area contributed by atoms with Crippen LogP contribution >= 0.6 is 0 Å². The molecule has 32 heavy (non-hydrogen) atoms. The number of anilines is 1. The van der Waals surface area contributed by atoms with Crippen molar-refractivity contribution in [3.63, 3.8) is 0 Å². The zero-order valence-corrected chi connectivity index (χ0v) is 17.6. The highest BCUT2D eigenvalue weighted by atomic mass is 32.2. The van der Waals surface area contributed by atoms with E-state index < -0.39 is 21.8 Å². The van der Waals surface area contributed by atoms with Crippen LogP contribution < -0.4 is 5.32 Å². The highest BCUT2D eigenvalue weighted by molar-refractivity contribution is 7.90. The molecule has 0 aromatic heterocycles. The quantitative estimate of drug-likeness (QED) is 0.605. The van der Waals surface area contributed by atoms with Crippen molar-refractivity contribution >= 4 is 33.3 Å². The Bertz CT molecular complexity index is 1380. The van der Waals surface area contributed by atoms with E-state index in [1.807, 2.05) is 6.07 Å². The molecule has 7 nitrogen and oxygen atoms in total. The topological polar surface area (TPSA) is 101 Å². The Balaban J connectivity index is 1.40. The third-order valence-electron chi connectivity index (χ3n) is 5.51. The van der Waals surface area contributed by atoms with Gasteiger partial charge in [-0.25, -0.2) is 12.7 Å². The molecule has 1 N–H and O–H groups in total. The summed E-state index contributed by atoms with van der Waals surface area (Å²) < 4.78 is 26.5. The van der Waals surface area contributed by atoms with Crippen molar-refractivity contribution in [2.24, 2.45) is 0 Å². The van der Waals surface area contributed by atoms with Gasteiger partial charge in [-0.05, 0) is 43.2 Å². The van der Waals surface area contributed by atoms with Gasteiger partial charge < -0.3 is 5.32 Å². The van der Waals surface area contributed by atoms with Gasteiger partial charge in [0.15, 0.2) is 5.78 Å². The van der Waals surface area contributed by atoms with Gasteiger partial charge in [-0.15, -0.1) is 0 Å². The second-order valence-electron chi connectivity index (χ2n) is 7.78. The Morgan fingerprint density at radius 1 is 0.844 bits per heavy atom. The van der Waals surface area contributed by atoms with Crippen LogP contribution in [0.1, 0.15) is 49.5 Å². The number of hydrogen-bond acceptors (Lipinski definition) is 5. The molecule has 1 fully saturated rings. The molecular formula is C24H18N2O5S. The van der Waals surface area contributed by atoms with Crippen LogP contribution in [0.3, 0.4) is 0 Å². The van der Waals surface area contributed by atoms with Crippen molar-refractivity contribution in [2.45, 2.75) is 23.8 Å². The minimum Gasteiger partial charge on any atom is -0.322 e. The maximum Gasteiger partial charge on any atom is 0.269 e. The Kier molecular flexibility index (Phi) is 4.67. The van der Waals surface area contributed by atoms with E-state index in [9.17, 15) is 22.8 Å². The van der Waals surface area contributed by atoms with E-state index in [2.05, 4.69) is 5.32 Å². The molecule has 0 spiro atoms. The number of carbonyl (C=O) groups is 3. The van der Waals surface area contributed by atoms with Gasteiger partial charge in [-0.3, -0.25) is 14.4 Å². The van der Waals surface area contributed by atoms with Crippen LogP contribution in [-0.2, 0) is 10.0 Å². The summed E-state index contributed by atoms with van der Waals surface area (Å²) in [5.74, 6) is -1.25. The first-order valence-corrected chi connectivity index (χ1v) is 11.5. The predicted octanol–water partition coefficient (Wildman–Crippen LogP) is 3.48. The van der Waals surface area contributed by atoms with Gasteiger partial charge in [-0.1, -0.05) is 42.5 Å². The van der Waals surface area contributed by atoms with Crippen molar-refractivity contribution in [3.05, 3.63) is 95.1 Å². The van der Waals surface area contributed by atoms with Gasteiger partial charge in [0.25, 0.3) is 21.8 Å². The number of sulfonamides is 1. The number of nitrogens with one attached hydrogen (secondary N) is 1. The number of ketones is 1. The number of fused-ring (bicyclic) bond motifs is 1. The van der Waals surface area contributed by atoms with Crippen molar-refractivity contribution in [2.75, 3.05) is 5.32 Å². The number of carbonyl (C=O) groups excluding carboxylic acids is 3. The molecule has 2 amide bonds. The minimum absolute atomic E-state index is 0.0869. The second kappa shape index (κ2) is 7.42. The van der Waals surface area contributed by atoms with E-state index >= 15 is 0 Å². The number of rotatable bonds is 5. The van der Waals surface area contributed by atoms with E-state index in [1.54, 1.807) is 48.5 Å². The highest BCUT2D eigenvalue weighted by Crippen LogP contribution is 2.39. The van der Waals surface area contributed by atoms with E-state index in [4.69, 9.17) is 0 Å². The molecule has 0 atom stereocenters. The van der Waals surface area contributed by atoms with Crippen LogP contribution in [0.15, 0.2) is 77.7 Å². The lowest BCUT2D eigenvalue weighted by Crippen LogP contribution is -2.31. The molecule has 0 bridgehead atoms. The van der Waals surface area contributed by atoms with E-state index in [0.29, 0.717) is 29.7 Å². The van der Waals surface area contributed by atoms with Crippen LogP contribution in [0, 0.1) is 0 Å². The molecule has 1 heterocycles. The predicted molar refractivity (Wildman–Crippen MR) is 117 cm³/mol.